The Labute approximate surface area is 197 Å². The van der Waals surface area contributed by atoms with Crippen LogP contribution in [0.3, 0.4) is 0 Å². The molecule has 0 aliphatic heterocycles. The zero-order valence-corrected chi connectivity index (χ0v) is 18.9. The highest BCUT2D eigenvalue weighted by molar-refractivity contribution is 6.48. The van der Waals surface area contributed by atoms with Gasteiger partial charge in [-0.25, -0.2) is 0 Å². The lowest BCUT2D eigenvalue weighted by Gasteiger charge is -2.18. The van der Waals surface area contributed by atoms with E-state index in [1.165, 1.54) is 24.3 Å². The largest absolute Gasteiger partial charge is 0.399 e. The molecule has 0 aromatic heterocycles. The van der Waals surface area contributed by atoms with Crippen LogP contribution in [0.2, 0.25) is 20.1 Å². The molecule has 31 heavy (non-hydrogen) atoms. The number of amides is 1. The summed E-state index contributed by atoms with van der Waals surface area (Å²) in [5.41, 5.74) is 0.0758. The lowest BCUT2D eigenvalue weighted by molar-refractivity contribution is -0.139. The Hall–Kier alpha value is -1.66. The molecule has 2 nitrogen and oxygen atoms in total. The van der Waals surface area contributed by atoms with Gasteiger partial charge in [0.2, 0.25) is 0 Å². The minimum absolute atomic E-state index is 0.0120. The van der Waals surface area contributed by atoms with Crippen molar-refractivity contribution in [1.82, 2.24) is 5.32 Å². The van der Waals surface area contributed by atoms with Gasteiger partial charge in [-0.1, -0.05) is 70.7 Å². The van der Waals surface area contributed by atoms with Crippen LogP contribution >= 0.6 is 46.4 Å². The fourth-order valence-electron chi connectivity index (χ4n) is 3.00. The summed E-state index contributed by atoms with van der Waals surface area (Å²) in [5.74, 6) is -2.33. The van der Waals surface area contributed by atoms with E-state index in [0.29, 0.717) is 5.56 Å². The Morgan fingerprint density at radius 2 is 1.68 bits per heavy atom. The van der Waals surface area contributed by atoms with E-state index in [-0.39, 0.29) is 37.1 Å². The molecule has 1 amide bonds. The Morgan fingerprint density at radius 3 is 2.16 bits per heavy atom. The first-order valence-corrected chi connectivity index (χ1v) is 10.6. The van der Waals surface area contributed by atoms with E-state index in [1.54, 1.807) is 6.08 Å². The van der Waals surface area contributed by atoms with Crippen molar-refractivity contribution >= 4 is 58.4 Å². The van der Waals surface area contributed by atoms with Crippen molar-refractivity contribution in [2.45, 2.75) is 30.5 Å². The number of nitrogens with one attached hydrogen (secondary N) is 1. The topological polar surface area (TPSA) is 29.1 Å². The second kappa shape index (κ2) is 9.07. The number of carbonyl (C=O) groups is 1. The quantitative estimate of drug-likeness (QED) is 0.310. The molecule has 1 atom stereocenters. The van der Waals surface area contributed by atoms with Gasteiger partial charge in [0.15, 0.2) is 0 Å². The SMILES string of the molecule is C=CC1(NC(=O)c2ccc(/C=C/C(c3cc(Cl)c(Cl)c(Cl)c3)C(F)(F)F)cc2Cl)CC1. The molecule has 1 aliphatic rings. The van der Waals surface area contributed by atoms with Crippen LogP contribution in [-0.4, -0.2) is 17.6 Å². The fourth-order valence-corrected chi connectivity index (χ4v) is 3.89. The third kappa shape index (κ3) is 5.58. The summed E-state index contributed by atoms with van der Waals surface area (Å²) in [4.78, 5) is 12.4. The number of benzene rings is 2. The smallest absolute Gasteiger partial charge is 0.343 e. The van der Waals surface area contributed by atoms with Crippen molar-refractivity contribution in [2.75, 3.05) is 0 Å². The van der Waals surface area contributed by atoms with Crippen LogP contribution in [0.25, 0.3) is 6.08 Å². The van der Waals surface area contributed by atoms with Gasteiger partial charge in [0.05, 0.1) is 37.1 Å². The summed E-state index contributed by atoms with van der Waals surface area (Å²) >= 11 is 23.8. The van der Waals surface area contributed by atoms with E-state index < -0.39 is 17.6 Å². The molecule has 1 aliphatic carbocycles. The van der Waals surface area contributed by atoms with E-state index in [0.717, 1.165) is 31.1 Å². The molecule has 2 aromatic carbocycles. The van der Waals surface area contributed by atoms with Crippen molar-refractivity contribution in [3.8, 4) is 0 Å². The fraction of sp³-hybridized carbons (Fsp3) is 0.227. The van der Waals surface area contributed by atoms with E-state index in [9.17, 15) is 18.0 Å². The van der Waals surface area contributed by atoms with Crippen LogP contribution in [0.4, 0.5) is 13.2 Å². The molecule has 9 heteroatoms. The van der Waals surface area contributed by atoms with Gasteiger partial charge >= 0.3 is 6.18 Å². The Kier molecular flexibility index (Phi) is 7.02. The van der Waals surface area contributed by atoms with E-state index in [1.807, 2.05) is 0 Å². The van der Waals surface area contributed by atoms with Crippen molar-refractivity contribution in [3.05, 3.63) is 85.8 Å². The van der Waals surface area contributed by atoms with Gasteiger partial charge in [-0.3, -0.25) is 4.79 Å². The van der Waals surface area contributed by atoms with Gasteiger partial charge < -0.3 is 5.32 Å². The number of halogens is 7. The predicted octanol–water partition coefficient (Wildman–Crippen LogP) is 8.11. The number of carbonyl (C=O) groups excluding carboxylic acids is 1. The highest BCUT2D eigenvalue weighted by Gasteiger charge is 2.41. The highest BCUT2D eigenvalue weighted by atomic mass is 35.5. The Morgan fingerprint density at radius 1 is 1.06 bits per heavy atom. The average Bonchev–Trinajstić information content (AvgIpc) is 3.45. The molecule has 0 saturated heterocycles. The van der Waals surface area contributed by atoms with Crippen molar-refractivity contribution in [1.29, 1.82) is 0 Å². The maximum absolute atomic E-state index is 13.7. The average molecular weight is 509 g/mol. The first-order valence-electron chi connectivity index (χ1n) is 9.11. The van der Waals surface area contributed by atoms with E-state index in [2.05, 4.69) is 11.9 Å². The Bertz CT molecular complexity index is 1040. The second-order valence-electron chi connectivity index (χ2n) is 7.23. The summed E-state index contributed by atoms with van der Waals surface area (Å²) in [7, 11) is 0. The standard InChI is InChI=1S/C22H16Cl4F3NO/c1-2-21(7-8-21)30-20(31)14-5-3-12(9-16(14)23)4-6-15(22(27,28)29)13-10-17(24)19(26)18(25)11-13/h2-6,9-11,15H,1,7-8H2,(H,30,31)/b6-4+. The van der Waals surface area contributed by atoms with Gasteiger partial charge in [-0.2, -0.15) is 13.2 Å². The maximum Gasteiger partial charge on any atom is 0.399 e. The van der Waals surface area contributed by atoms with Crippen LogP contribution in [-0.2, 0) is 0 Å². The van der Waals surface area contributed by atoms with Gasteiger partial charge in [0.25, 0.3) is 5.91 Å². The summed E-state index contributed by atoms with van der Waals surface area (Å²) in [6.07, 6.45) is 0.940. The van der Waals surface area contributed by atoms with Crippen LogP contribution in [0.5, 0.6) is 0 Å². The number of rotatable bonds is 6. The molecule has 164 valence electrons. The van der Waals surface area contributed by atoms with Crippen molar-refractivity contribution in [2.24, 2.45) is 0 Å². The molecular weight excluding hydrogens is 493 g/mol. The first-order chi connectivity index (χ1) is 14.5. The molecule has 1 saturated carbocycles. The summed E-state index contributed by atoms with van der Waals surface area (Å²) in [6.45, 7) is 3.71. The predicted molar refractivity (Wildman–Crippen MR) is 120 cm³/mol. The maximum atomic E-state index is 13.7. The molecule has 0 bridgehead atoms. The summed E-state index contributed by atoms with van der Waals surface area (Å²) < 4.78 is 41.0. The van der Waals surface area contributed by atoms with Crippen LogP contribution in [0, 0.1) is 0 Å². The van der Waals surface area contributed by atoms with Crippen molar-refractivity contribution in [3.63, 3.8) is 0 Å². The van der Waals surface area contributed by atoms with Gasteiger partial charge in [-0.05, 0) is 48.2 Å². The van der Waals surface area contributed by atoms with Gasteiger partial charge in [0.1, 0.15) is 0 Å². The molecule has 0 heterocycles. The minimum Gasteiger partial charge on any atom is -0.343 e. The molecule has 1 unspecified atom stereocenters. The number of hydrogen-bond acceptors (Lipinski definition) is 1. The molecule has 2 aromatic rings. The third-order valence-electron chi connectivity index (χ3n) is 4.98. The molecular formula is C22H16Cl4F3NO. The van der Waals surface area contributed by atoms with Crippen molar-refractivity contribution < 1.29 is 18.0 Å². The van der Waals surface area contributed by atoms with Crippen LogP contribution < -0.4 is 5.32 Å². The second-order valence-corrected chi connectivity index (χ2v) is 8.83. The number of alkyl halides is 3. The van der Waals surface area contributed by atoms with E-state index in [4.69, 9.17) is 46.4 Å². The lowest BCUT2D eigenvalue weighted by Crippen LogP contribution is -2.35. The molecule has 3 rings (SSSR count). The number of allylic oxidation sites excluding steroid dienone is 1. The highest BCUT2D eigenvalue weighted by Crippen LogP contribution is 2.41. The summed E-state index contributed by atoms with van der Waals surface area (Å²) in [6, 6.07) is 6.67. The minimum atomic E-state index is -4.59. The zero-order chi connectivity index (χ0) is 23.0. The normalized spacial score (nSPS) is 16.2. The van der Waals surface area contributed by atoms with Crippen LogP contribution in [0.1, 0.15) is 40.2 Å². The zero-order valence-electron chi connectivity index (χ0n) is 15.9. The first kappa shape index (κ1) is 24.0. The third-order valence-corrected chi connectivity index (χ3v) is 6.49. The van der Waals surface area contributed by atoms with E-state index >= 15 is 0 Å². The molecule has 1 N–H and O–H groups in total. The summed E-state index contributed by atoms with van der Waals surface area (Å²) in [5, 5.41) is 2.83. The van der Waals surface area contributed by atoms with Crippen LogP contribution in [0.15, 0.2) is 49.1 Å². The monoisotopic (exact) mass is 507 g/mol. The molecule has 0 spiro atoms. The van der Waals surface area contributed by atoms with Gasteiger partial charge in [0, 0.05) is 0 Å². The lowest BCUT2D eigenvalue weighted by atomic mass is 9.97. The molecule has 1 fully saturated rings. The Balaban J connectivity index is 1.85. The van der Waals surface area contributed by atoms with Gasteiger partial charge in [-0.15, -0.1) is 6.58 Å². The number of hydrogen-bond donors (Lipinski definition) is 1. The molecule has 0 radical (unpaired) electrons.